The number of halogens is 1. The first-order chi connectivity index (χ1) is 10.2. The van der Waals surface area contributed by atoms with Crippen molar-refractivity contribution in [1.82, 2.24) is 4.98 Å². The Morgan fingerprint density at radius 3 is 2.81 bits per heavy atom. The lowest BCUT2D eigenvalue weighted by Gasteiger charge is -2.10. The number of nitrogen functional groups attached to an aromatic ring is 1. The van der Waals surface area contributed by atoms with E-state index in [2.05, 4.69) is 10.3 Å². The molecule has 21 heavy (non-hydrogen) atoms. The molecule has 0 unspecified atom stereocenters. The van der Waals surface area contributed by atoms with Gasteiger partial charge in [-0.15, -0.1) is 0 Å². The third kappa shape index (κ3) is 2.94. The van der Waals surface area contributed by atoms with E-state index in [0.29, 0.717) is 24.2 Å². The zero-order valence-corrected chi connectivity index (χ0v) is 11.5. The van der Waals surface area contributed by atoms with E-state index < -0.39 is 0 Å². The Balaban J connectivity index is 1.75. The van der Waals surface area contributed by atoms with Crippen LogP contribution in [0.3, 0.4) is 0 Å². The molecule has 0 aliphatic rings. The Morgan fingerprint density at radius 2 is 1.95 bits per heavy atom. The van der Waals surface area contributed by atoms with Crippen molar-refractivity contribution in [2.24, 2.45) is 0 Å². The average molecular weight is 281 g/mol. The number of nitrogens with one attached hydrogen (secondary N) is 1. The van der Waals surface area contributed by atoms with E-state index in [-0.39, 0.29) is 5.82 Å². The summed E-state index contributed by atoms with van der Waals surface area (Å²) in [6.45, 7) is 0.657. The molecule has 2 aromatic carbocycles. The van der Waals surface area contributed by atoms with Crippen LogP contribution in [0.15, 0.2) is 54.7 Å². The molecule has 0 aliphatic heterocycles. The van der Waals surface area contributed by atoms with Crippen molar-refractivity contribution < 1.29 is 4.39 Å². The summed E-state index contributed by atoms with van der Waals surface area (Å²) in [6, 6.07) is 14.4. The second kappa shape index (κ2) is 5.79. The third-order valence-corrected chi connectivity index (χ3v) is 3.43. The molecular weight excluding hydrogens is 265 g/mol. The second-order valence-corrected chi connectivity index (χ2v) is 4.90. The Hall–Kier alpha value is -2.62. The molecule has 3 N–H and O–H groups in total. The van der Waals surface area contributed by atoms with Crippen LogP contribution in [-0.2, 0) is 6.42 Å². The first-order valence-electron chi connectivity index (χ1n) is 6.85. The molecule has 1 heterocycles. The number of benzene rings is 2. The van der Waals surface area contributed by atoms with Crippen molar-refractivity contribution in [1.29, 1.82) is 0 Å². The van der Waals surface area contributed by atoms with Crippen LogP contribution in [0.25, 0.3) is 10.9 Å². The van der Waals surface area contributed by atoms with Crippen molar-refractivity contribution in [2.45, 2.75) is 6.42 Å². The molecule has 0 saturated heterocycles. The SMILES string of the molecule is Nc1ccc2c(NCCc3ccccc3F)ccnc2c1. The number of pyridine rings is 1. The van der Waals surface area contributed by atoms with Crippen molar-refractivity contribution in [3.05, 3.63) is 66.1 Å². The van der Waals surface area contributed by atoms with Crippen LogP contribution in [0.1, 0.15) is 5.56 Å². The minimum atomic E-state index is -0.161. The van der Waals surface area contributed by atoms with Gasteiger partial charge >= 0.3 is 0 Å². The highest BCUT2D eigenvalue weighted by molar-refractivity contribution is 5.92. The first kappa shape index (κ1) is 13.4. The molecule has 0 aliphatic carbocycles. The summed E-state index contributed by atoms with van der Waals surface area (Å²) >= 11 is 0. The molecule has 4 heteroatoms. The molecule has 0 fully saturated rings. The number of hydrogen-bond donors (Lipinski definition) is 2. The van der Waals surface area contributed by atoms with Crippen LogP contribution in [0, 0.1) is 5.82 Å². The molecule has 0 saturated carbocycles. The van der Waals surface area contributed by atoms with Crippen molar-refractivity contribution in [3.8, 4) is 0 Å². The highest BCUT2D eigenvalue weighted by Gasteiger charge is 2.03. The van der Waals surface area contributed by atoms with E-state index in [1.54, 1.807) is 12.3 Å². The van der Waals surface area contributed by atoms with E-state index in [4.69, 9.17) is 5.73 Å². The Kier molecular flexibility index (Phi) is 3.69. The molecule has 0 bridgehead atoms. The maximum absolute atomic E-state index is 13.6. The zero-order chi connectivity index (χ0) is 14.7. The standard InChI is InChI=1S/C17H16FN3/c18-15-4-2-1-3-12(15)7-9-20-16-8-10-21-17-11-13(19)5-6-14(16)17/h1-6,8,10-11H,7,9,19H2,(H,20,21). The fourth-order valence-electron chi connectivity index (χ4n) is 2.35. The van der Waals surface area contributed by atoms with E-state index in [0.717, 1.165) is 16.6 Å². The largest absolute Gasteiger partial charge is 0.399 e. The van der Waals surface area contributed by atoms with Gasteiger partial charge in [0.2, 0.25) is 0 Å². The summed E-state index contributed by atoms with van der Waals surface area (Å²) in [7, 11) is 0. The van der Waals surface area contributed by atoms with Gasteiger partial charge in [0.05, 0.1) is 5.52 Å². The van der Waals surface area contributed by atoms with Crippen molar-refractivity contribution in [3.63, 3.8) is 0 Å². The third-order valence-electron chi connectivity index (χ3n) is 3.43. The zero-order valence-electron chi connectivity index (χ0n) is 11.5. The van der Waals surface area contributed by atoms with Gasteiger partial charge in [-0.25, -0.2) is 4.39 Å². The number of aromatic nitrogens is 1. The molecular formula is C17H16FN3. The number of nitrogens with two attached hydrogens (primary N) is 1. The maximum Gasteiger partial charge on any atom is 0.126 e. The van der Waals surface area contributed by atoms with Crippen molar-refractivity contribution in [2.75, 3.05) is 17.6 Å². The number of nitrogens with zero attached hydrogens (tertiary/aromatic N) is 1. The van der Waals surface area contributed by atoms with E-state index in [1.807, 2.05) is 36.4 Å². The van der Waals surface area contributed by atoms with Gasteiger partial charge in [-0.1, -0.05) is 18.2 Å². The van der Waals surface area contributed by atoms with Gasteiger partial charge in [-0.3, -0.25) is 4.98 Å². The van der Waals surface area contributed by atoms with Gasteiger partial charge < -0.3 is 11.1 Å². The molecule has 3 nitrogen and oxygen atoms in total. The Morgan fingerprint density at radius 1 is 1.10 bits per heavy atom. The Bertz CT molecular complexity index is 771. The van der Waals surface area contributed by atoms with Gasteiger partial charge in [-0.05, 0) is 42.3 Å². The average Bonchev–Trinajstić information content (AvgIpc) is 2.49. The smallest absolute Gasteiger partial charge is 0.126 e. The van der Waals surface area contributed by atoms with E-state index in [1.165, 1.54) is 6.07 Å². The van der Waals surface area contributed by atoms with Gasteiger partial charge in [-0.2, -0.15) is 0 Å². The lowest BCUT2D eigenvalue weighted by molar-refractivity contribution is 0.610. The van der Waals surface area contributed by atoms with Crippen LogP contribution in [-0.4, -0.2) is 11.5 Å². The molecule has 0 atom stereocenters. The summed E-state index contributed by atoms with van der Waals surface area (Å²) in [5.41, 5.74) is 9.01. The number of fused-ring (bicyclic) bond motifs is 1. The topological polar surface area (TPSA) is 50.9 Å². The normalized spacial score (nSPS) is 10.7. The molecule has 1 aromatic heterocycles. The summed E-state index contributed by atoms with van der Waals surface area (Å²) in [5, 5.41) is 4.35. The number of anilines is 2. The fourth-order valence-corrected chi connectivity index (χ4v) is 2.35. The van der Waals surface area contributed by atoms with Gasteiger partial charge in [0, 0.05) is 29.5 Å². The molecule has 3 aromatic rings. The summed E-state index contributed by atoms with van der Waals surface area (Å²) in [5.74, 6) is -0.161. The second-order valence-electron chi connectivity index (χ2n) is 4.90. The van der Waals surface area contributed by atoms with Crippen LogP contribution < -0.4 is 11.1 Å². The molecule has 106 valence electrons. The van der Waals surface area contributed by atoms with Gasteiger partial charge in [0.15, 0.2) is 0 Å². The molecule has 0 spiro atoms. The maximum atomic E-state index is 13.6. The predicted molar refractivity (Wildman–Crippen MR) is 84.7 cm³/mol. The van der Waals surface area contributed by atoms with Gasteiger partial charge in [0.1, 0.15) is 5.82 Å². The molecule has 0 amide bonds. The van der Waals surface area contributed by atoms with Crippen LogP contribution in [0.5, 0.6) is 0 Å². The lowest BCUT2D eigenvalue weighted by atomic mass is 10.1. The van der Waals surface area contributed by atoms with Crippen molar-refractivity contribution >= 4 is 22.3 Å². The first-order valence-corrected chi connectivity index (χ1v) is 6.85. The van der Waals surface area contributed by atoms with E-state index >= 15 is 0 Å². The lowest BCUT2D eigenvalue weighted by Crippen LogP contribution is -2.06. The molecule has 0 radical (unpaired) electrons. The minimum absolute atomic E-state index is 0.161. The summed E-state index contributed by atoms with van der Waals surface area (Å²) < 4.78 is 13.6. The number of hydrogen-bond acceptors (Lipinski definition) is 3. The summed E-state index contributed by atoms with van der Waals surface area (Å²) in [4.78, 5) is 4.30. The fraction of sp³-hybridized carbons (Fsp3) is 0.118. The monoisotopic (exact) mass is 281 g/mol. The van der Waals surface area contributed by atoms with Crippen LogP contribution >= 0.6 is 0 Å². The molecule has 3 rings (SSSR count). The Labute approximate surface area is 122 Å². The van der Waals surface area contributed by atoms with Crippen LogP contribution in [0.4, 0.5) is 15.8 Å². The predicted octanol–water partition coefficient (Wildman–Crippen LogP) is 3.61. The quantitative estimate of drug-likeness (QED) is 0.718. The minimum Gasteiger partial charge on any atom is -0.399 e. The highest BCUT2D eigenvalue weighted by atomic mass is 19.1. The van der Waals surface area contributed by atoms with Gasteiger partial charge in [0.25, 0.3) is 0 Å². The summed E-state index contributed by atoms with van der Waals surface area (Å²) in [6.07, 6.45) is 2.37. The van der Waals surface area contributed by atoms with Crippen LogP contribution in [0.2, 0.25) is 0 Å². The number of rotatable bonds is 4. The van der Waals surface area contributed by atoms with E-state index in [9.17, 15) is 4.39 Å². The highest BCUT2D eigenvalue weighted by Crippen LogP contribution is 2.23.